The highest BCUT2D eigenvalue weighted by Crippen LogP contribution is 2.29. The number of ether oxygens (including phenoxy) is 4. The molecule has 8 heteroatoms. The van der Waals surface area contributed by atoms with Gasteiger partial charge in [-0.3, -0.25) is 4.79 Å². The molecule has 0 radical (unpaired) electrons. The second-order valence-electron chi connectivity index (χ2n) is 8.08. The van der Waals surface area contributed by atoms with Crippen molar-refractivity contribution >= 4 is 28.9 Å². The SMILES string of the molecule is CCOc1ccc(C(=O)Oc2ccc(/C=N/NC(=O)COc3ccc4ccccc4c3)cc2OCC)cc1. The van der Waals surface area contributed by atoms with Crippen LogP contribution in [-0.4, -0.2) is 37.9 Å². The summed E-state index contributed by atoms with van der Waals surface area (Å²) in [4.78, 5) is 24.8. The molecule has 0 aliphatic rings. The van der Waals surface area contributed by atoms with E-state index in [1.165, 1.54) is 6.21 Å². The Hall–Kier alpha value is -4.85. The fourth-order valence-electron chi connectivity index (χ4n) is 3.59. The Balaban J connectivity index is 1.33. The van der Waals surface area contributed by atoms with Gasteiger partial charge in [0.15, 0.2) is 18.1 Å². The molecule has 194 valence electrons. The number of carbonyl (C=O) groups excluding carboxylic acids is 2. The van der Waals surface area contributed by atoms with E-state index in [9.17, 15) is 9.59 Å². The van der Waals surface area contributed by atoms with E-state index in [1.54, 1.807) is 42.5 Å². The summed E-state index contributed by atoms with van der Waals surface area (Å²) in [5.74, 6) is 1.00. The summed E-state index contributed by atoms with van der Waals surface area (Å²) in [5.41, 5.74) is 3.47. The van der Waals surface area contributed by atoms with Crippen LogP contribution in [0.15, 0.2) is 90.0 Å². The molecule has 4 aromatic rings. The lowest BCUT2D eigenvalue weighted by molar-refractivity contribution is -0.123. The summed E-state index contributed by atoms with van der Waals surface area (Å²) in [5, 5.41) is 6.11. The fourth-order valence-corrected chi connectivity index (χ4v) is 3.59. The summed E-state index contributed by atoms with van der Waals surface area (Å²) in [7, 11) is 0. The summed E-state index contributed by atoms with van der Waals surface area (Å²) >= 11 is 0. The van der Waals surface area contributed by atoms with Crippen LogP contribution in [0.1, 0.15) is 29.8 Å². The lowest BCUT2D eigenvalue weighted by Crippen LogP contribution is -2.24. The van der Waals surface area contributed by atoms with Crippen molar-refractivity contribution in [1.29, 1.82) is 0 Å². The van der Waals surface area contributed by atoms with Crippen LogP contribution in [0.25, 0.3) is 10.8 Å². The first kappa shape index (κ1) is 26.2. The molecule has 38 heavy (non-hydrogen) atoms. The highest BCUT2D eigenvalue weighted by Gasteiger charge is 2.13. The van der Waals surface area contributed by atoms with E-state index < -0.39 is 11.9 Å². The first-order valence-corrected chi connectivity index (χ1v) is 12.2. The normalized spacial score (nSPS) is 10.8. The molecule has 4 aromatic carbocycles. The van der Waals surface area contributed by atoms with E-state index in [2.05, 4.69) is 10.5 Å². The van der Waals surface area contributed by atoms with Crippen molar-refractivity contribution < 1.29 is 28.5 Å². The van der Waals surface area contributed by atoms with E-state index in [0.29, 0.717) is 41.6 Å². The molecule has 1 N–H and O–H groups in total. The number of hydrogen-bond donors (Lipinski definition) is 1. The van der Waals surface area contributed by atoms with Gasteiger partial charge in [-0.25, -0.2) is 10.2 Å². The van der Waals surface area contributed by atoms with E-state index >= 15 is 0 Å². The molecule has 0 aliphatic heterocycles. The van der Waals surface area contributed by atoms with E-state index in [4.69, 9.17) is 18.9 Å². The maximum atomic E-state index is 12.6. The molecule has 4 rings (SSSR count). The number of rotatable bonds is 11. The number of nitrogens with one attached hydrogen (secondary N) is 1. The lowest BCUT2D eigenvalue weighted by atomic mass is 10.1. The standard InChI is InChI=1S/C30H28N2O6/c1-3-35-25-13-11-23(12-14-25)30(34)38-27-16-9-21(17-28(27)36-4-2)19-31-32-29(33)20-37-26-15-10-22-7-5-6-8-24(22)18-26/h5-19H,3-4,20H2,1-2H3,(H,32,33)/b31-19+. The lowest BCUT2D eigenvalue weighted by Gasteiger charge is -2.11. The maximum absolute atomic E-state index is 12.6. The molecule has 0 aromatic heterocycles. The molecule has 0 atom stereocenters. The van der Waals surface area contributed by atoms with Crippen LogP contribution in [0, 0.1) is 0 Å². The molecule has 0 heterocycles. The number of hydrazone groups is 1. The first-order valence-electron chi connectivity index (χ1n) is 12.2. The molecule has 0 unspecified atom stereocenters. The predicted molar refractivity (Wildman–Crippen MR) is 145 cm³/mol. The maximum Gasteiger partial charge on any atom is 0.343 e. The van der Waals surface area contributed by atoms with Crippen LogP contribution in [0.4, 0.5) is 0 Å². The van der Waals surface area contributed by atoms with Gasteiger partial charge in [0, 0.05) is 0 Å². The monoisotopic (exact) mass is 512 g/mol. The van der Waals surface area contributed by atoms with Crippen LogP contribution in [0.2, 0.25) is 0 Å². The minimum atomic E-state index is -0.519. The van der Waals surface area contributed by atoms with Gasteiger partial charge in [-0.1, -0.05) is 30.3 Å². The highest BCUT2D eigenvalue weighted by molar-refractivity contribution is 5.92. The van der Waals surface area contributed by atoms with E-state index in [0.717, 1.165) is 10.8 Å². The Bertz CT molecular complexity index is 1430. The summed E-state index contributed by atoms with van der Waals surface area (Å²) in [6.07, 6.45) is 1.47. The van der Waals surface area contributed by atoms with Gasteiger partial charge in [-0.2, -0.15) is 5.10 Å². The molecule has 0 saturated heterocycles. The average Bonchev–Trinajstić information content (AvgIpc) is 2.94. The van der Waals surface area contributed by atoms with E-state index in [-0.39, 0.29) is 12.4 Å². The molecular formula is C30H28N2O6. The molecule has 8 nitrogen and oxygen atoms in total. The molecule has 0 aliphatic carbocycles. The van der Waals surface area contributed by atoms with Crippen molar-refractivity contribution in [3.8, 4) is 23.0 Å². The largest absolute Gasteiger partial charge is 0.494 e. The van der Waals surface area contributed by atoms with Gasteiger partial charge >= 0.3 is 5.97 Å². The number of nitrogens with zero attached hydrogens (tertiary/aromatic N) is 1. The van der Waals surface area contributed by atoms with Gasteiger partial charge in [-0.05, 0) is 84.8 Å². The number of fused-ring (bicyclic) bond motifs is 1. The minimum Gasteiger partial charge on any atom is -0.494 e. The molecule has 0 fully saturated rings. The van der Waals surface area contributed by atoms with Gasteiger partial charge in [0.25, 0.3) is 5.91 Å². The van der Waals surface area contributed by atoms with Crippen molar-refractivity contribution in [3.05, 3.63) is 96.1 Å². The summed E-state index contributed by atoms with van der Waals surface area (Å²) in [6.45, 7) is 4.45. The van der Waals surface area contributed by atoms with Crippen molar-refractivity contribution in [2.75, 3.05) is 19.8 Å². The average molecular weight is 513 g/mol. The Morgan fingerprint density at radius 3 is 2.26 bits per heavy atom. The second kappa shape index (κ2) is 12.9. The van der Waals surface area contributed by atoms with Crippen LogP contribution in [0.3, 0.4) is 0 Å². The molecular weight excluding hydrogens is 484 g/mol. The molecule has 0 saturated carbocycles. The Kier molecular flexibility index (Phi) is 8.91. The van der Waals surface area contributed by atoms with Gasteiger partial charge in [0.05, 0.1) is 25.0 Å². The Morgan fingerprint density at radius 2 is 1.50 bits per heavy atom. The van der Waals surface area contributed by atoms with Crippen LogP contribution < -0.4 is 24.4 Å². The molecule has 0 spiro atoms. The van der Waals surface area contributed by atoms with Crippen molar-refractivity contribution in [3.63, 3.8) is 0 Å². The summed E-state index contributed by atoms with van der Waals surface area (Å²) < 4.78 is 22.2. The predicted octanol–water partition coefficient (Wildman–Crippen LogP) is 5.39. The third-order valence-corrected chi connectivity index (χ3v) is 5.37. The zero-order valence-corrected chi connectivity index (χ0v) is 21.2. The van der Waals surface area contributed by atoms with Crippen LogP contribution in [0.5, 0.6) is 23.0 Å². The number of carbonyl (C=O) groups is 2. The van der Waals surface area contributed by atoms with Gasteiger partial charge in [0.2, 0.25) is 0 Å². The number of esters is 1. The number of hydrogen-bond acceptors (Lipinski definition) is 7. The Morgan fingerprint density at radius 1 is 0.763 bits per heavy atom. The highest BCUT2D eigenvalue weighted by atomic mass is 16.6. The van der Waals surface area contributed by atoms with Gasteiger partial charge in [0.1, 0.15) is 11.5 Å². The quantitative estimate of drug-likeness (QED) is 0.125. The summed E-state index contributed by atoms with van der Waals surface area (Å²) in [6, 6.07) is 25.2. The zero-order valence-electron chi connectivity index (χ0n) is 21.2. The van der Waals surface area contributed by atoms with Crippen molar-refractivity contribution in [1.82, 2.24) is 5.43 Å². The minimum absolute atomic E-state index is 0.180. The van der Waals surface area contributed by atoms with Crippen molar-refractivity contribution in [2.24, 2.45) is 5.10 Å². The fraction of sp³-hybridized carbons (Fsp3) is 0.167. The molecule has 0 bridgehead atoms. The second-order valence-corrected chi connectivity index (χ2v) is 8.08. The third-order valence-electron chi connectivity index (χ3n) is 5.37. The Labute approximate surface area is 220 Å². The van der Waals surface area contributed by atoms with Crippen molar-refractivity contribution in [2.45, 2.75) is 13.8 Å². The topological polar surface area (TPSA) is 95.5 Å². The van der Waals surface area contributed by atoms with Gasteiger partial charge in [-0.15, -0.1) is 0 Å². The van der Waals surface area contributed by atoms with Crippen LogP contribution in [-0.2, 0) is 4.79 Å². The van der Waals surface area contributed by atoms with Crippen LogP contribution >= 0.6 is 0 Å². The first-order chi connectivity index (χ1) is 18.6. The third kappa shape index (κ3) is 7.10. The van der Waals surface area contributed by atoms with E-state index in [1.807, 2.05) is 56.3 Å². The van der Waals surface area contributed by atoms with Gasteiger partial charge < -0.3 is 18.9 Å². The number of amides is 1. The zero-order chi connectivity index (χ0) is 26.7. The smallest absolute Gasteiger partial charge is 0.343 e. The number of benzene rings is 4. The molecule has 1 amide bonds.